The van der Waals surface area contributed by atoms with E-state index in [4.69, 9.17) is 14.6 Å². The van der Waals surface area contributed by atoms with Crippen molar-refractivity contribution in [2.75, 3.05) is 24.5 Å². The molecule has 0 saturated carbocycles. The molecule has 0 fully saturated rings. The second kappa shape index (κ2) is 9.55. The molecule has 0 rings (SSSR count). The predicted molar refractivity (Wildman–Crippen MR) is 73.4 cm³/mol. The summed E-state index contributed by atoms with van der Waals surface area (Å²) in [5, 5.41) is 3.32. The van der Waals surface area contributed by atoms with Crippen LogP contribution in [0.3, 0.4) is 0 Å². The molecule has 15 heteroatoms. The molecule has 0 aromatic rings. The van der Waals surface area contributed by atoms with E-state index in [2.05, 4.69) is 0 Å². The molecular formula is C4H13N2O8PS4. The molecule has 0 heterocycles. The van der Waals surface area contributed by atoms with Gasteiger partial charge in [0.25, 0.3) is 0 Å². The van der Waals surface area contributed by atoms with Gasteiger partial charge in [-0.3, -0.25) is 13.7 Å². The summed E-state index contributed by atoms with van der Waals surface area (Å²) in [7, 11) is -16.5. The highest BCUT2D eigenvalue weighted by molar-refractivity contribution is 8.59. The molecule has 0 spiro atoms. The Balaban J connectivity index is 4.77. The Morgan fingerprint density at radius 2 is 1.26 bits per heavy atom. The van der Waals surface area contributed by atoms with Crippen molar-refractivity contribution in [3.8, 4) is 0 Å². The average molecular weight is 380 g/mol. The summed E-state index contributed by atoms with van der Waals surface area (Å²) >= 11 is 0. The van der Waals surface area contributed by atoms with Gasteiger partial charge in [-0.05, 0) is 0 Å². The largest absolute Gasteiger partial charge is 0.338 e. The quantitative estimate of drug-likeness (QED) is 0.163. The summed E-state index contributed by atoms with van der Waals surface area (Å²) in [5.41, 5.74) is -5.71. The van der Waals surface area contributed by atoms with Crippen LogP contribution in [0.1, 0.15) is 5.48 Å². The van der Waals surface area contributed by atoms with Gasteiger partial charge >= 0.3 is 7.67 Å². The Morgan fingerprint density at radius 1 is 0.947 bits per heavy atom. The minimum atomic E-state index is -4.64. The van der Waals surface area contributed by atoms with E-state index in [0.29, 0.717) is 0 Å². The van der Waals surface area contributed by atoms with Crippen molar-refractivity contribution in [1.82, 2.24) is 10.2 Å². The lowest BCUT2D eigenvalue weighted by Gasteiger charge is -2.13. The molecule has 0 aromatic carbocycles. The molecule has 0 aromatic heterocycles. The van der Waals surface area contributed by atoms with Crippen LogP contribution < -0.4 is 10.2 Å². The molecule has 116 valence electrons. The van der Waals surface area contributed by atoms with Crippen LogP contribution in [0.4, 0.5) is 0 Å². The summed E-state index contributed by atoms with van der Waals surface area (Å²) in [4.78, 5) is 9.41. The molecule has 5 N–H and O–H groups in total. The maximum atomic E-state index is 11.6. The fraction of sp³-hybridized carbons (Fsp3) is 1.00. The summed E-state index contributed by atoms with van der Waals surface area (Å²) in [6.07, 6.45) is 0. The molecular weight excluding hydrogens is 363 g/mol. The maximum absolute atomic E-state index is 11.6. The Kier molecular flexibility index (Phi) is 6.68. The van der Waals surface area contributed by atoms with Gasteiger partial charge in [0.1, 0.15) is 19.7 Å². The minimum absolute atomic E-state index is 1.11. The van der Waals surface area contributed by atoms with Crippen molar-refractivity contribution in [3.63, 3.8) is 0 Å². The van der Waals surface area contributed by atoms with Crippen LogP contribution >= 0.6 is 7.67 Å². The zero-order chi connectivity index (χ0) is 18.6. The first-order valence-corrected chi connectivity index (χ1v) is 11.2. The van der Waals surface area contributed by atoms with Crippen LogP contribution in [-0.2, 0) is 44.5 Å². The Morgan fingerprint density at radius 3 is 1.53 bits per heavy atom. The van der Waals surface area contributed by atoms with E-state index in [1.807, 2.05) is 0 Å². The van der Waals surface area contributed by atoms with E-state index in [1.165, 1.54) is 0 Å². The smallest absolute Gasteiger partial charge is 0.322 e. The number of hydrogen-bond acceptors (Lipinski definition) is 5. The first-order chi connectivity index (χ1) is 10.1. The Bertz CT molecular complexity index is 542. The van der Waals surface area contributed by atoms with Gasteiger partial charge in [-0.25, -0.2) is 27.0 Å². The van der Waals surface area contributed by atoms with E-state index in [9.17, 15) is 26.3 Å². The van der Waals surface area contributed by atoms with Crippen LogP contribution in [0, 0.1) is 0 Å². The van der Waals surface area contributed by atoms with Crippen LogP contribution in [0.5, 0.6) is 0 Å². The van der Waals surface area contributed by atoms with Crippen LogP contribution in [0.15, 0.2) is 0 Å². The van der Waals surface area contributed by atoms with Gasteiger partial charge in [0, 0.05) is 18.6 Å². The lowest BCUT2D eigenvalue weighted by Crippen LogP contribution is -2.28. The standard InChI is InChI=1S/C4H13N2O8PS4/c7-15(8,5-1-3-16(9)18(11)12)6-2-4-17(10)19(13)14/h1-4H2,(H,11,12)(H,13,14)(H3,5,6,7,8)/i3D2,4D2. The zero-order valence-corrected chi connectivity index (χ0v) is 13.0. The molecule has 0 bridgehead atoms. The van der Waals surface area contributed by atoms with Crippen molar-refractivity contribution >= 4 is 47.6 Å². The van der Waals surface area contributed by atoms with E-state index in [-0.39, 0.29) is 0 Å². The average Bonchev–Trinajstić information content (AvgIpc) is 2.41. The molecule has 4 unspecified atom stereocenters. The van der Waals surface area contributed by atoms with Gasteiger partial charge in [-0.15, -0.1) is 0 Å². The molecule has 0 saturated heterocycles. The molecule has 19 heavy (non-hydrogen) atoms. The van der Waals surface area contributed by atoms with Crippen molar-refractivity contribution in [2.45, 2.75) is 0 Å². The SMILES string of the molecule is [2H]C([2H])(CNP(=O)(O)NCC([2H])([2H])S(=O)S(=O)O)S(=O)S(=O)O. The van der Waals surface area contributed by atoms with Crippen molar-refractivity contribution in [2.24, 2.45) is 0 Å². The van der Waals surface area contributed by atoms with Gasteiger partial charge in [-0.2, -0.15) is 0 Å². The molecule has 0 aliphatic rings. The van der Waals surface area contributed by atoms with Crippen molar-refractivity contribution in [3.05, 3.63) is 0 Å². The fourth-order valence-electron chi connectivity index (χ4n) is 0.553. The molecule has 10 nitrogen and oxygen atoms in total. The van der Waals surface area contributed by atoms with Gasteiger partial charge in [0.05, 0.1) is 11.4 Å². The van der Waals surface area contributed by atoms with Gasteiger partial charge in [0.2, 0.25) is 20.2 Å². The van der Waals surface area contributed by atoms with Gasteiger partial charge < -0.3 is 4.89 Å². The maximum Gasteiger partial charge on any atom is 0.338 e. The van der Waals surface area contributed by atoms with Crippen LogP contribution in [0.25, 0.3) is 0 Å². The normalized spacial score (nSPS) is 25.8. The third-order valence-electron chi connectivity index (χ3n) is 1.23. The minimum Gasteiger partial charge on any atom is -0.322 e. The van der Waals surface area contributed by atoms with Crippen LogP contribution in [0.2, 0.25) is 0 Å². The monoisotopic (exact) mass is 380 g/mol. The first kappa shape index (κ1) is 13.3. The molecule has 0 aliphatic heterocycles. The predicted octanol–water partition coefficient (Wildman–Crippen LogP) is -1.96. The summed E-state index contributed by atoms with van der Waals surface area (Å²) in [6.45, 7) is -2.21. The van der Waals surface area contributed by atoms with Gasteiger partial charge in [0.15, 0.2) is 0 Å². The third kappa shape index (κ3) is 10.1. The summed E-state index contributed by atoms with van der Waals surface area (Å²) in [6, 6.07) is 0. The third-order valence-corrected chi connectivity index (χ3v) is 5.94. The highest BCUT2D eigenvalue weighted by Crippen LogP contribution is 2.28. The topological polar surface area (TPSA) is 170 Å². The van der Waals surface area contributed by atoms with Crippen molar-refractivity contribution in [1.29, 1.82) is 0 Å². The van der Waals surface area contributed by atoms with E-state index in [0.717, 1.165) is 0 Å². The molecule has 0 amide bonds. The Hall–Kier alpha value is 0.630. The second-order valence-electron chi connectivity index (χ2n) is 2.44. The molecule has 0 aliphatic carbocycles. The lowest BCUT2D eigenvalue weighted by atomic mass is 10.8. The Labute approximate surface area is 123 Å². The first-order valence-electron chi connectivity index (χ1n) is 6.02. The van der Waals surface area contributed by atoms with E-state index >= 15 is 0 Å². The highest BCUT2D eigenvalue weighted by Gasteiger charge is 2.18. The van der Waals surface area contributed by atoms with Crippen LogP contribution in [-0.4, -0.2) is 55.3 Å². The number of rotatable bonds is 10. The molecule has 0 radical (unpaired) electrons. The zero-order valence-electron chi connectivity index (χ0n) is 12.9. The summed E-state index contributed by atoms with van der Waals surface area (Å²) in [5.74, 6) is 0. The second-order valence-corrected chi connectivity index (χ2v) is 10.1. The summed E-state index contributed by atoms with van der Waals surface area (Å²) < 4.78 is 101. The number of hydrogen-bond donors (Lipinski definition) is 5. The van der Waals surface area contributed by atoms with Gasteiger partial charge in [-0.1, -0.05) is 0 Å². The highest BCUT2D eigenvalue weighted by atomic mass is 33.2. The van der Waals surface area contributed by atoms with Crippen molar-refractivity contribution < 1.29 is 40.9 Å². The molecule has 4 atom stereocenters. The number of nitrogens with one attached hydrogen (secondary N) is 2. The van der Waals surface area contributed by atoms with E-state index < -0.39 is 72.1 Å². The van der Waals surface area contributed by atoms with E-state index in [1.54, 1.807) is 10.2 Å². The lowest BCUT2D eigenvalue weighted by molar-refractivity contribution is 0.451. The fourth-order valence-corrected chi connectivity index (χ4v) is 3.01.